The highest BCUT2D eigenvalue weighted by atomic mass is 32.2. The molecule has 0 atom stereocenters. The largest absolute Gasteiger partial charge is 0.493 e. The van der Waals surface area contributed by atoms with Crippen molar-refractivity contribution in [3.63, 3.8) is 0 Å². The molecule has 4 aromatic rings. The van der Waals surface area contributed by atoms with E-state index in [0.717, 1.165) is 53.4 Å². The Kier molecular flexibility index (Phi) is 9.80. The van der Waals surface area contributed by atoms with Gasteiger partial charge in [-0.15, -0.1) is 0 Å². The molecule has 1 aliphatic heterocycles. The first-order valence-corrected chi connectivity index (χ1v) is 16.6. The smallest absolute Gasteiger partial charge is 0.324 e. The number of hydrogen-bond acceptors (Lipinski definition) is 6. The van der Waals surface area contributed by atoms with Gasteiger partial charge in [0.25, 0.3) is 10.0 Å². The van der Waals surface area contributed by atoms with Crippen LogP contribution < -0.4 is 14.4 Å². The summed E-state index contributed by atoms with van der Waals surface area (Å²) in [6, 6.07) is 17.7. The van der Waals surface area contributed by atoms with Gasteiger partial charge in [-0.2, -0.15) is 0 Å². The fraction of sp³-hybridized carbons (Fsp3) is 0.382. The Morgan fingerprint density at radius 1 is 0.955 bits per heavy atom. The molecule has 0 aliphatic carbocycles. The maximum atomic E-state index is 13.9. The van der Waals surface area contributed by atoms with E-state index in [9.17, 15) is 18.3 Å². The number of unbranched alkanes of at least 4 members (excludes halogenated alkanes) is 2. The Morgan fingerprint density at radius 3 is 2.48 bits per heavy atom. The van der Waals surface area contributed by atoms with E-state index in [1.807, 2.05) is 43.3 Å². The number of aromatic nitrogens is 1. The minimum atomic E-state index is -3.91. The van der Waals surface area contributed by atoms with Crippen molar-refractivity contribution >= 4 is 32.6 Å². The van der Waals surface area contributed by atoms with Crippen molar-refractivity contribution in [1.29, 1.82) is 0 Å². The van der Waals surface area contributed by atoms with Crippen LogP contribution in [0, 0.1) is 6.92 Å². The summed E-state index contributed by atoms with van der Waals surface area (Å²) >= 11 is 0. The van der Waals surface area contributed by atoms with Gasteiger partial charge < -0.3 is 19.5 Å². The van der Waals surface area contributed by atoms with Crippen LogP contribution in [0.2, 0.25) is 0 Å². The van der Waals surface area contributed by atoms with Crippen molar-refractivity contribution in [1.82, 2.24) is 8.87 Å². The third-order valence-electron chi connectivity index (χ3n) is 8.03. The van der Waals surface area contributed by atoms with Crippen LogP contribution in [0.15, 0.2) is 71.8 Å². The highest BCUT2D eigenvalue weighted by molar-refractivity contribution is 7.90. The number of benzene rings is 3. The van der Waals surface area contributed by atoms with E-state index in [1.54, 1.807) is 47.4 Å². The number of hydrogen-bond donors (Lipinski definition) is 1. The summed E-state index contributed by atoms with van der Waals surface area (Å²) in [5.41, 5.74) is 3.78. The lowest BCUT2D eigenvalue weighted by Crippen LogP contribution is -2.49. The van der Waals surface area contributed by atoms with E-state index in [2.05, 4.69) is 6.92 Å². The number of ether oxygens (including phenoxy) is 2. The standard InChI is InChI=1S/C34H41N3O6S/c1-4-5-6-20-43-33-22-28(11-15-32(33)42-3)36-18-7-17-35(34(36)39)23-27-24-37(31-21-26(16-19-38)10-14-30(27)31)44(40,41)29-12-8-25(2)9-13-29/h8-15,21-22,24,38H,4-7,16-20,23H2,1-3H3. The van der Waals surface area contributed by atoms with Crippen molar-refractivity contribution < 1.29 is 27.8 Å². The molecule has 234 valence electrons. The van der Waals surface area contributed by atoms with Gasteiger partial charge in [-0.3, -0.25) is 4.90 Å². The van der Waals surface area contributed by atoms with Crippen molar-refractivity contribution in [3.05, 3.63) is 83.6 Å². The number of aliphatic hydroxyl groups is 1. The third-order valence-corrected chi connectivity index (χ3v) is 9.72. The summed E-state index contributed by atoms with van der Waals surface area (Å²) in [6.07, 6.45) is 5.91. The topological polar surface area (TPSA) is 101 Å². The number of carbonyl (C=O) groups excluding carboxylic acids is 1. The number of fused-ring (bicyclic) bond motifs is 1. The van der Waals surface area contributed by atoms with Gasteiger partial charge >= 0.3 is 6.03 Å². The Morgan fingerprint density at radius 2 is 1.75 bits per heavy atom. The first-order chi connectivity index (χ1) is 21.3. The van der Waals surface area contributed by atoms with Crippen LogP contribution in [0.5, 0.6) is 11.5 Å². The summed E-state index contributed by atoms with van der Waals surface area (Å²) in [4.78, 5) is 17.5. The molecule has 3 aromatic carbocycles. The predicted molar refractivity (Wildman–Crippen MR) is 172 cm³/mol. The number of rotatable bonds is 13. The molecule has 1 fully saturated rings. The van der Waals surface area contributed by atoms with E-state index in [4.69, 9.17) is 9.47 Å². The molecule has 1 saturated heterocycles. The van der Waals surface area contributed by atoms with E-state index < -0.39 is 10.0 Å². The van der Waals surface area contributed by atoms with Crippen LogP contribution in [0.1, 0.15) is 49.3 Å². The molecule has 0 spiro atoms. The monoisotopic (exact) mass is 619 g/mol. The van der Waals surface area contributed by atoms with E-state index in [0.29, 0.717) is 43.1 Å². The fourth-order valence-corrected chi connectivity index (χ4v) is 6.98. The van der Waals surface area contributed by atoms with Crippen LogP contribution in [-0.4, -0.2) is 61.8 Å². The molecule has 5 rings (SSSR count). The molecule has 44 heavy (non-hydrogen) atoms. The van der Waals surface area contributed by atoms with Crippen molar-refractivity contribution in [2.45, 2.75) is 57.4 Å². The van der Waals surface area contributed by atoms with Crippen molar-refractivity contribution in [2.75, 3.05) is 38.3 Å². The number of methoxy groups -OCH3 is 1. The quantitative estimate of drug-likeness (QED) is 0.181. The Balaban J connectivity index is 1.45. The molecule has 2 heterocycles. The number of anilines is 1. The summed E-state index contributed by atoms with van der Waals surface area (Å²) in [5.74, 6) is 1.23. The van der Waals surface area contributed by atoms with Gasteiger partial charge in [0.1, 0.15) is 0 Å². The zero-order valence-electron chi connectivity index (χ0n) is 25.7. The molecule has 0 saturated carbocycles. The number of nitrogens with zero attached hydrogens (tertiary/aromatic N) is 3. The molecule has 0 bridgehead atoms. The second-order valence-electron chi connectivity index (χ2n) is 11.2. The highest BCUT2D eigenvalue weighted by Gasteiger charge is 2.29. The lowest BCUT2D eigenvalue weighted by Gasteiger charge is -2.35. The summed E-state index contributed by atoms with van der Waals surface area (Å²) in [6.45, 7) is 5.94. The second kappa shape index (κ2) is 13.7. The minimum Gasteiger partial charge on any atom is -0.493 e. The van der Waals surface area contributed by atoms with Gasteiger partial charge in [-0.05, 0) is 67.6 Å². The molecule has 10 heteroatoms. The minimum absolute atomic E-state index is 0.0429. The van der Waals surface area contributed by atoms with Gasteiger partial charge in [0.05, 0.1) is 24.1 Å². The maximum absolute atomic E-state index is 13.9. The molecular formula is C34H41N3O6S. The van der Waals surface area contributed by atoms with E-state index in [1.165, 1.54) is 3.97 Å². The Bertz CT molecular complexity index is 1720. The molecule has 0 unspecified atom stereocenters. The average Bonchev–Trinajstić information content (AvgIpc) is 3.39. The molecular weight excluding hydrogens is 578 g/mol. The SMILES string of the molecule is CCCCCOc1cc(N2CCCN(Cc3cn(S(=O)(=O)c4ccc(C)cc4)c4cc(CCO)ccc34)C2=O)ccc1OC. The average molecular weight is 620 g/mol. The van der Waals surface area contributed by atoms with Gasteiger partial charge in [-0.1, -0.05) is 49.6 Å². The maximum Gasteiger partial charge on any atom is 0.324 e. The van der Waals surface area contributed by atoms with Crippen molar-refractivity contribution in [3.8, 4) is 11.5 Å². The first kappa shape index (κ1) is 31.4. The van der Waals surface area contributed by atoms with Crippen molar-refractivity contribution in [2.24, 2.45) is 0 Å². The van der Waals surface area contributed by atoms with Crippen LogP contribution in [0.4, 0.5) is 10.5 Å². The molecule has 2 amide bonds. The normalized spacial score (nSPS) is 14.0. The lowest BCUT2D eigenvalue weighted by molar-refractivity contribution is 0.192. The number of amides is 2. The van der Waals surface area contributed by atoms with Gasteiger partial charge in [0.15, 0.2) is 11.5 Å². The molecule has 1 N–H and O–H groups in total. The third kappa shape index (κ3) is 6.56. The fourth-order valence-electron chi connectivity index (χ4n) is 5.60. The van der Waals surface area contributed by atoms with Gasteiger partial charge in [-0.25, -0.2) is 17.2 Å². The predicted octanol–water partition coefficient (Wildman–Crippen LogP) is 6.13. The molecule has 1 aliphatic rings. The summed E-state index contributed by atoms with van der Waals surface area (Å²) < 4.78 is 40.5. The van der Waals surface area contributed by atoms with Crippen LogP contribution in [0.3, 0.4) is 0 Å². The molecule has 0 radical (unpaired) electrons. The number of aliphatic hydroxyl groups excluding tert-OH is 1. The highest BCUT2D eigenvalue weighted by Crippen LogP contribution is 2.34. The zero-order valence-corrected chi connectivity index (χ0v) is 26.5. The first-order valence-electron chi connectivity index (χ1n) is 15.2. The number of urea groups is 1. The van der Waals surface area contributed by atoms with Gasteiger partial charge in [0, 0.05) is 49.6 Å². The number of carbonyl (C=O) groups is 1. The summed E-state index contributed by atoms with van der Waals surface area (Å²) in [7, 11) is -2.31. The molecule has 1 aromatic heterocycles. The summed E-state index contributed by atoms with van der Waals surface area (Å²) in [5, 5.41) is 10.3. The van der Waals surface area contributed by atoms with Gasteiger partial charge in [0.2, 0.25) is 0 Å². The van der Waals surface area contributed by atoms with Crippen LogP contribution in [-0.2, 0) is 23.0 Å². The van der Waals surface area contributed by atoms with E-state index in [-0.39, 0.29) is 24.1 Å². The lowest BCUT2D eigenvalue weighted by atomic mass is 10.1. The Hall–Kier alpha value is -4.02. The van der Waals surface area contributed by atoms with Crippen LogP contribution >= 0.6 is 0 Å². The Labute approximate surface area is 259 Å². The van der Waals surface area contributed by atoms with E-state index >= 15 is 0 Å². The second-order valence-corrected chi connectivity index (χ2v) is 13.0. The van der Waals surface area contributed by atoms with Crippen LogP contribution in [0.25, 0.3) is 10.9 Å². The molecule has 9 nitrogen and oxygen atoms in total. The zero-order chi connectivity index (χ0) is 31.3. The number of aryl methyl sites for hydroxylation is 1.